The maximum absolute atomic E-state index is 12.4. The SMILES string of the molecule is C=C(C(C)C1CCCCC1)N1CCCCCC(C)CCC1C(=O)P. The van der Waals surface area contributed by atoms with Crippen LogP contribution in [0.1, 0.15) is 84.5 Å². The van der Waals surface area contributed by atoms with Crippen LogP contribution in [0.4, 0.5) is 0 Å². The Morgan fingerprint density at radius 3 is 2.29 bits per heavy atom. The van der Waals surface area contributed by atoms with Gasteiger partial charge in [0.2, 0.25) is 0 Å². The zero-order chi connectivity index (χ0) is 17.5. The number of carbonyl (C=O) groups is 1. The Morgan fingerprint density at radius 2 is 1.62 bits per heavy atom. The summed E-state index contributed by atoms with van der Waals surface area (Å²) in [6.45, 7) is 10.2. The lowest BCUT2D eigenvalue weighted by molar-refractivity contribution is -0.115. The van der Waals surface area contributed by atoms with Crippen molar-refractivity contribution < 1.29 is 4.79 Å². The van der Waals surface area contributed by atoms with E-state index in [0.717, 1.165) is 31.2 Å². The minimum absolute atomic E-state index is 0.0223. The fourth-order valence-corrected chi connectivity index (χ4v) is 5.00. The normalized spacial score (nSPS) is 29.0. The Morgan fingerprint density at radius 1 is 1.00 bits per heavy atom. The summed E-state index contributed by atoms with van der Waals surface area (Å²) in [7, 11) is 2.46. The molecule has 0 amide bonds. The molecule has 1 saturated heterocycles. The average molecular weight is 352 g/mol. The van der Waals surface area contributed by atoms with Gasteiger partial charge in [-0.2, -0.15) is 0 Å². The number of hydrogen-bond acceptors (Lipinski definition) is 2. The summed E-state index contributed by atoms with van der Waals surface area (Å²) in [6, 6.07) is 0.0223. The van der Waals surface area contributed by atoms with E-state index in [1.165, 1.54) is 63.5 Å². The van der Waals surface area contributed by atoms with Gasteiger partial charge in [-0.05, 0) is 49.9 Å². The van der Waals surface area contributed by atoms with Crippen molar-refractivity contribution in [1.29, 1.82) is 0 Å². The highest BCUT2D eigenvalue weighted by Crippen LogP contribution is 2.36. The molecule has 2 aliphatic rings. The van der Waals surface area contributed by atoms with Gasteiger partial charge in [-0.1, -0.05) is 68.2 Å². The van der Waals surface area contributed by atoms with Gasteiger partial charge >= 0.3 is 0 Å². The summed E-state index contributed by atoms with van der Waals surface area (Å²) in [5, 5.41) is 0. The van der Waals surface area contributed by atoms with Crippen molar-refractivity contribution in [2.75, 3.05) is 6.54 Å². The summed E-state index contributed by atoms with van der Waals surface area (Å²) < 4.78 is 0. The number of nitrogens with zero attached hydrogens (tertiary/aromatic N) is 1. The third kappa shape index (κ3) is 5.58. The minimum atomic E-state index is 0.0223. The highest BCUT2D eigenvalue weighted by molar-refractivity contribution is 7.40. The van der Waals surface area contributed by atoms with Crippen LogP contribution in [0.3, 0.4) is 0 Å². The van der Waals surface area contributed by atoms with Crippen molar-refractivity contribution in [3.8, 4) is 0 Å². The van der Waals surface area contributed by atoms with E-state index < -0.39 is 0 Å². The van der Waals surface area contributed by atoms with Crippen molar-refractivity contribution in [2.24, 2.45) is 17.8 Å². The van der Waals surface area contributed by atoms with Crippen LogP contribution in [0.5, 0.6) is 0 Å². The van der Waals surface area contributed by atoms with Gasteiger partial charge in [-0.3, -0.25) is 4.79 Å². The second kappa shape index (κ2) is 9.95. The summed E-state index contributed by atoms with van der Waals surface area (Å²) in [4.78, 5) is 14.8. The number of allylic oxidation sites excluding steroid dienone is 1. The molecule has 4 unspecified atom stereocenters. The standard InChI is InChI=1S/C21H38NOP/c1-16-10-6-5-9-15-22(20(14-13-16)21(23)24)18(3)17(2)19-11-7-4-8-12-19/h16-17,19-20H,3-15,24H2,1-2H3. The van der Waals surface area contributed by atoms with E-state index in [1.54, 1.807) is 0 Å². The first-order valence-electron chi connectivity index (χ1n) is 10.3. The fraction of sp³-hybridized carbons (Fsp3) is 0.857. The van der Waals surface area contributed by atoms with E-state index in [2.05, 4.69) is 34.6 Å². The van der Waals surface area contributed by atoms with Crippen LogP contribution in [-0.4, -0.2) is 23.0 Å². The van der Waals surface area contributed by atoms with E-state index in [-0.39, 0.29) is 11.6 Å². The first kappa shape index (κ1) is 20.0. The molecule has 138 valence electrons. The van der Waals surface area contributed by atoms with E-state index in [1.807, 2.05) is 0 Å². The second-order valence-electron chi connectivity index (χ2n) is 8.32. The third-order valence-corrected chi connectivity index (χ3v) is 6.87. The molecular weight excluding hydrogens is 313 g/mol. The van der Waals surface area contributed by atoms with Crippen LogP contribution in [0, 0.1) is 17.8 Å². The van der Waals surface area contributed by atoms with Gasteiger partial charge in [0.1, 0.15) is 0 Å². The Labute approximate surface area is 152 Å². The van der Waals surface area contributed by atoms with Crippen LogP contribution in [0.2, 0.25) is 0 Å². The summed E-state index contributed by atoms with van der Waals surface area (Å²) in [5.41, 5.74) is 1.48. The lowest BCUT2D eigenvalue weighted by Crippen LogP contribution is -2.42. The lowest BCUT2D eigenvalue weighted by Gasteiger charge is -2.40. The molecule has 1 aliphatic carbocycles. The van der Waals surface area contributed by atoms with Gasteiger partial charge in [-0.25, -0.2) is 0 Å². The maximum Gasteiger partial charge on any atom is 0.170 e. The van der Waals surface area contributed by atoms with E-state index in [9.17, 15) is 4.79 Å². The molecule has 0 radical (unpaired) electrons. The van der Waals surface area contributed by atoms with Crippen molar-refractivity contribution in [1.82, 2.24) is 4.90 Å². The van der Waals surface area contributed by atoms with E-state index >= 15 is 0 Å². The highest BCUT2D eigenvalue weighted by Gasteiger charge is 2.30. The molecule has 2 nitrogen and oxygen atoms in total. The van der Waals surface area contributed by atoms with Crippen molar-refractivity contribution in [3.63, 3.8) is 0 Å². The Kier molecular flexibility index (Phi) is 8.28. The molecule has 3 heteroatoms. The predicted molar refractivity (Wildman–Crippen MR) is 107 cm³/mol. The molecule has 1 heterocycles. The van der Waals surface area contributed by atoms with E-state index in [0.29, 0.717) is 5.92 Å². The Hall–Kier alpha value is -0.360. The quantitative estimate of drug-likeness (QED) is 0.598. The highest BCUT2D eigenvalue weighted by atomic mass is 31.0. The number of carbonyl (C=O) groups excluding carboxylic acids is 1. The molecule has 0 bridgehead atoms. The molecule has 0 spiro atoms. The molecule has 1 aliphatic heterocycles. The zero-order valence-electron chi connectivity index (χ0n) is 15.9. The monoisotopic (exact) mass is 351 g/mol. The Bertz CT molecular complexity index is 416. The third-order valence-electron chi connectivity index (χ3n) is 6.48. The molecule has 0 aromatic carbocycles. The smallest absolute Gasteiger partial charge is 0.170 e. The summed E-state index contributed by atoms with van der Waals surface area (Å²) in [5.74, 6) is 2.01. The van der Waals surface area contributed by atoms with Crippen LogP contribution < -0.4 is 0 Å². The molecule has 2 fully saturated rings. The van der Waals surface area contributed by atoms with Crippen LogP contribution in [0.15, 0.2) is 12.3 Å². The zero-order valence-corrected chi connectivity index (χ0v) is 17.1. The molecule has 4 atom stereocenters. The molecule has 24 heavy (non-hydrogen) atoms. The first-order valence-corrected chi connectivity index (χ1v) is 10.8. The van der Waals surface area contributed by atoms with Gasteiger partial charge < -0.3 is 4.90 Å². The lowest BCUT2D eigenvalue weighted by atomic mass is 9.79. The van der Waals surface area contributed by atoms with Gasteiger partial charge in [0.05, 0.1) is 6.04 Å². The number of rotatable bonds is 4. The minimum Gasteiger partial charge on any atom is -0.365 e. The molecule has 2 rings (SSSR count). The number of hydrogen-bond donors (Lipinski definition) is 0. The van der Waals surface area contributed by atoms with Crippen molar-refractivity contribution in [2.45, 2.75) is 90.5 Å². The molecule has 1 saturated carbocycles. The predicted octanol–water partition coefficient (Wildman–Crippen LogP) is 5.78. The summed E-state index contributed by atoms with van der Waals surface area (Å²) in [6.07, 6.45) is 14.1. The second-order valence-corrected chi connectivity index (χ2v) is 8.89. The molecular formula is C21H38NOP. The van der Waals surface area contributed by atoms with E-state index in [4.69, 9.17) is 0 Å². The van der Waals surface area contributed by atoms with Crippen LogP contribution in [-0.2, 0) is 4.79 Å². The fourth-order valence-electron chi connectivity index (χ4n) is 4.66. The topological polar surface area (TPSA) is 20.3 Å². The van der Waals surface area contributed by atoms with Crippen molar-refractivity contribution >= 4 is 14.8 Å². The maximum atomic E-state index is 12.4. The van der Waals surface area contributed by atoms with Crippen LogP contribution >= 0.6 is 9.24 Å². The molecule has 0 aromatic heterocycles. The van der Waals surface area contributed by atoms with Crippen LogP contribution in [0.25, 0.3) is 0 Å². The largest absolute Gasteiger partial charge is 0.365 e. The van der Waals surface area contributed by atoms with Gasteiger partial charge in [0, 0.05) is 12.2 Å². The average Bonchev–Trinajstić information content (AvgIpc) is 2.59. The van der Waals surface area contributed by atoms with Crippen molar-refractivity contribution in [3.05, 3.63) is 12.3 Å². The molecule has 0 N–H and O–H groups in total. The molecule has 0 aromatic rings. The Balaban J connectivity index is 2.10. The van der Waals surface area contributed by atoms with Gasteiger partial charge in [0.25, 0.3) is 0 Å². The summed E-state index contributed by atoms with van der Waals surface area (Å²) >= 11 is 0. The van der Waals surface area contributed by atoms with Gasteiger partial charge in [0.15, 0.2) is 5.52 Å². The van der Waals surface area contributed by atoms with Gasteiger partial charge in [-0.15, -0.1) is 0 Å². The first-order chi connectivity index (χ1) is 11.5.